The molecule has 62 heavy (non-hydrogen) atoms. The normalized spacial score (nSPS) is 20.3. The van der Waals surface area contributed by atoms with Gasteiger partial charge in [-0.05, 0) is 148 Å². The highest BCUT2D eigenvalue weighted by Crippen LogP contribution is 2.41. The van der Waals surface area contributed by atoms with Crippen molar-refractivity contribution in [1.29, 1.82) is 0 Å². The van der Waals surface area contributed by atoms with Crippen LogP contribution in [-0.2, 0) is 22.4 Å². The van der Waals surface area contributed by atoms with Crippen molar-refractivity contribution in [2.24, 2.45) is 23.7 Å². The van der Waals surface area contributed by atoms with Gasteiger partial charge in [0.15, 0.2) is 0 Å². The number of benzene rings is 4. The first-order valence-corrected chi connectivity index (χ1v) is 22.0. The maximum Gasteiger partial charge on any atom is 0.251 e. The zero-order chi connectivity index (χ0) is 43.4. The van der Waals surface area contributed by atoms with E-state index in [0.29, 0.717) is 23.7 Å². The van der Waals surface area contributed by atoms with Crippen LogP contribution in [0.5, 0.6) is 0 Å². The highest BCUT2D eigenvalue weighted by Gasteiger charge is 2.32. The Balaban J connectivity index is 0.000000187. The molecule has 6 aromatic rings. The van der Waals surface area contributed by atoms with Crippen molar-refractivity contribution in [3.63, 3.8) is 0 Å². The van der Waals surface area contributed by atoms with Crippen molar-refractivity contribution in [3.05, 3.63) is 185 Å². The summed E-state index contributed by atoms with van der Waals surface area (Å²) in [5.74, 6) is 1.49. The predicted octanol–water partition coefficient (Wildman–Crippen LogP) is 9.52. The van der Waals surface area contributed by atoms with Gasteiger partial charge in [0.25, 0.3) is 5.56 Å². The fourth-order valence-corrected chi connectivity index (χ4v) is 9.14. The Morgan fingerprint density at radius 3 is 1.52 bits per heavy atom. The van der Waals surface area contributed by atoms with Crippen molar-refractivity contribution in [3.8, 4) is 0 Å². The molecule has 0 bridgehead atoms. The summed E-state index contributed by atoms with van der Waals surface area (Å²) in [4.78, 5) is 36.9. The summed E-state index contributed by atoms with van der Waals surface area (Å²) in [6.45, 7) is 3.54. The Morgan fingerprint density at radius 2 is 1.06 bits per heavy atom. The van der Waals surface area contributed by atoms with E-state index in [0.717, 1.165) is 73.9 Å². The summed E-state index contributed by atoms with van der Waals surface area (Å²) in [5.41, 5.74) is 5.85. The molecule has 8 rings (SSSR count). The van der Waals surface area contributed by atoms with Crippen LogP contribution in [0.25, 0.3) is 0 Å². The smallest absolute Gasteiger partial charge is 0.251 e. The molecule has 2 saturated carbocycles. The third-order valence-electron chi connectivity index (χ3n) is 12.8. The van der Waals surface area contributed by atoms with Crippen molar-refractivity contribution < 1.29 is 19.8 Å². The van der Waals surface area contributed by atoms with E-state index in [4.69, 9.17) is 0 Å². The summed E-state index contributed by atoms with van der Waals surface area (Å²) in [6.07, 6.45) is 12.8. The zero-order valence-electron chi connectivity index (χ0n) is 35.7. The number of hydrogen-bond acceptors (Lipinski definition) is 6. The van der Waals surface area contributed by atoms with Crippen LogP contribution >= 0.6 is 0 Å². The molecule has 2 unspecified atom stereocenters. The summed E-state index contributed by atoms with van der Waals surface area (Å²) in [5, 5.41) is 31.4. The first-order chi connectivity index (χ1) is 30.1. The quantitative estimate of drug-likeness (QED) is 0.0863. The number of carbonyl (C=O) groups is 2. The van der Waals surface area contributed by atoms with Gasteiger partial charge in [0.2, 0.25) is 11.8 Å². The van der Waals surface area contributed by atoms with Gasteiger partial charge in [0.1, 0.15) is 12.1 Å². The topological polar surface area (TPSA) is 138 Å². The molecule has 2 fully saturated rings. The third-order valence-corrected chi connectivity index (χ3v) is 12.8. The van der Waals surface area contributed by atoms with Crippen LogP contribution in [0.15, 0.2) is 157 Å². The number of aliphatic hydroxyl groups excluding tert-OH is 2. The van der Waals surface area contributed by atoms with E-state index in [1.165, 1.54) is 21.8 Å². The molecule has 0 spiro atoms. The Morgan fingerprint density at radius 1 is 0.597 bits per heavy atom. The molecule has 2 aliphatic rings. The molecule has 0 saturated heterocycles. The van der Waals surface area contributed by atoms with Gasteiger partial charge < -0.3 is 25.4 Å². The molecule has 0 radical (unpaired) electrons. The number of aliphatic hydroxyl groups is 2. The largest absolute Gasteiger partial charge is 0.388 e. The number of amides is 2. The fraction of sp³-hybridized carbons (Fsp3) is 0.346. The molecule has 10 nitrogen and oxygen atoms in total. The van der Waals surface area contributed by atoms with E-state index < -0.39 is 12.1 Å². The van der Waals surface area contributed by atoms with Gasteiger partial charge in [-0.15, -0.1) is 0 Å². The van der Waals surface area contributed by atoms with Crippen molar-refractivity contribution in [1.82, 2.24) is 14.3 Å². The summed E-state index contributed by atoms with van der Waals surface area (Å²) >= 11 is 0. The molecule has 4 aromatic carbocycles. The van der Waals surface area contributed by atoms with E-state index in [9.17, 15) is 24.6 Å². The number of nitrogens with one attached hydrogen (secondary N) is 2. The molecule has 8 atom stereocenters. The summed E-state index contributed by atoms with van der Waals surface area (Å²) in [6, 6.07) is 41.7. The van der Waals surface area contributed by atoms with Gasteiger partial charge >= 0.3 is 0 Å². The second-order valence-electron chi connectivity index (χ2n) is 17.2. The first-order valence-electron chi connectivity index (χ1n) is 22.0. The first kappa shape index (κ1) is 44.0. The van der Waals surface area contributed by atoms with Gasteiger partial charge in [-0.3, -0.25) is 19.1 Å². The van der Waals surface area contributed by atoms with Crippen LogP contribution in [0.4, 0.5) is 11.4 Å². The summed E-state index contributed by atoms with van der Waals surface area (Å²) < 4.78 is 3.06. The maximum atomic E-state index is 12.6. The Kier molecular flexibility index (Phi) is 15.0. The molecule has 2 aromatic heterocycles. The maximum absolute atomic E-state index is 12.6. The molecular formula is C52H59N5O5. The SMILES string of the molecule is CC(C(=O)Nc1ccc(C[C@@H]2CC[C@H]([C@H](O)c3ccccc3)C2)cc1)n1ccccc1=O.CC(C(=O)Nc1ccc(C[C@@H]2CC[C@H]([C@H](O)c3ccccc3)C2)cc1)n1cccn1. The van der Waals surface area contributed by atoms with Crippen LogP contribution in [0.1, 0.15) is 98.9 Å². The monoisotopic (exact) mass is 833 g/mol. The minimum Gasteiger partial charge on any atom is -0.388 e. The molecule has 2 heterocycles. The van der Waals surface area contributed by atoms with Crippen LogP contribution in [0, 0.1) is 23.7 Å². The van der Waals surface area contributed by atoms with Crippen molar-refractivity contribution >= 4 is 23.2 Å². The number of carbonyl (C=O) groups excluding carboxylic acids is 2. The van der Waals surface area contributed by atoms with Crippen LogP contribution in [-0.4, -0.2) is 36.4 Å². The van der Waals surface area contributed by atoms with Gasteiger partial charge in [-0.2, -0.15) is 5.10 Å². The lowest BCUT2D eigenvalue weighted by molar-refractivity contribution is -0.119. The second kappa shape index (κ2) is 21.1. The van der Waals surface area contributed by atoms with Crippen LogP contribution < -0.4 is 16.2 Å². The van der Waals surface area contributed by atoms with Gasteiger partial charge in [0, 0.05) is 36.0 Å². The number of pyridine rings is 1. The lowest BCUT2D eigenvalue weighted by Crippen LogP contribution is -2.30. The lowest BCUT2D eigenvalue weighted by atomic mass is 9.91. The van der Waals surface area contributed by atoms with E-state index in [1.807, 2.05) is 97.9 Å². The molecule has 2 aliphatic carbocycles. The van der Waals surface area contributed by atoms with E-state index in [-0.39, 0.29) is 29.5 Å². The van der Waals surface area contributed by atoms with Crippen LogP contribution in [0.3, 0.4) is 0 Å². The molecular weight excluding hydrogens is 775 g/mol. The average molecular weight is 834 g/mol. The lowest BCUT2D eigenvalue weighted by Gasteiger charge is -2.19. The average Bonchev–Trinajstić information content (AvgIpc) is 4.12. The van der Waals surface area contributed by atoms with Crippen molar-refractivity contribution in [2.75, 3.05) is 10.6 Å². The highest BCUT2D eigenvalue weighted by atomic mass is 16.3. The van der Waals surface area contributed by atoms with Gasteiger partial charge in [0.05, 0.1) is 12.2 Å². The zero-order valence-corrected chi connectivity index (χ0v) is 35.7. The molecule has 0 aliphatic heterocycles. The third kappa shape index (κ3) is 11.6. The number of nitrogens with zero attached hydrogens (tertiary/aromatic N) is 3. The number of rotatable bonds is 14. The minimum atomic E-state index is -0.588. The predicted molar refractivity (Wildman–Crippen MR) is 244 cm³/mol. The van der Waals surface area contributed by atoms with Gasteiger partial charge in [-0.25, -0.2) is 0 Å². The van der Waals surface area contributed by atoms with Crippen molar-refractivity contribution in [2.45, 2.75) is 89.5 Å². The minimum absolute atomic E-state index is 0.0833. The molecule has 4 N–H and O–H groups in total. The van der Waals surface area contributed by atoms with E-state index in [1.54, 1.807) is 42.3 Å². The van der Waals surface area contributed by atoms with Crippen LogP contribution in [0.2, 0.25) is 0 Å². The molecule has 2 amide bonds. The number of hydrogen-bond donors (Lipinski definition) is 4. The molecule has 10 heteroatoms. The standard InChI is InChI=1S/C27H30N2O3.C25H29N3O2/c1-19(29-16-6-5-9-25(29)30)27(32)28-24-14-11-20(12-15-24)17-21-10-13-23(18-21)26(31)22-7-3-2-4-8-22;1-18(28-15-5-14-26-28)25(30)27-23-12-9-19(10-13-23)16-20-8-11-22(17-20)24(29)21-6-3-2-4-7-21/h2-9,11-12,14-16,19,21,23,26,31H,10,13,17-18H2,1H3,(H,28,32);2-7,9-10,12-15,18,20,22,24,29H,8,11,16-17H2,1H3,(H,27,30)/t19?,21-,23-,26+;18?,20-,22-,24+/m00/s1. The van der Waals surface area contributed by atoms with Gasteiger partial charge in [-0.1, -0.05) is 91.0 Å². The highest BCUT2D eigenvalue weighted by molar-refractivity contribution is 5.94. The number of anilines is 2. The number of aromatic nitrogens is 3. The van der Waals surface area contributed by atoms with E-state index >= 15 is 0 Å². The Bertz CT molecular complexity index is 2370. The fourth-order valence-electron chi connectivity index (χ4n) is 9.14. The Hall–Kier alpha value is -6.10. The second-order valence-corrected chi connectivity index (χ2v) is 17.2. The Labute approximate surface area is 364 Å². The molecule has 322 valence electrons. The summed E-state index contributed by atoms with van der Waals surface area (Å²) in [7, 11) is 0. The van der Waals surface area contributed by atoms with E-state index in [2.05, 4.69) is 40.0 Å².